The van der Waals surface area contributed by atoms with E-state index in [1.807, 2.05) is 0 Å². The Hall–Kier alpha value is 0.0700. The van der Waals surface area contributed by atoms with Crippen LogP contribution in [0.15, 0.2) is 0 Å². The van der Waals surface area contributed by atoms with Gasteiger partial charge in [-0.25, -0.2) is 0 Å². The molecule has 31 heavy (non-hydrogen) atoms. The van der Waals surface area contributed by atoms with E-state index in [1.165, 1.54) is 32.1 Å². The predicted molar refractivity (Wildman–Crippen MR) is 129 cm³/mol. The zero-order valence-corrected chi connectivity index (χ0v) is 21.9. The van der Waals surface area contributed by atoms with Gasteiger partial charge in [0.25, 0.3) is 0 Å². The molecule has 4 heteroatoms. The lowest BCUT2D eigenvalue weighted by atomic mass is 9.44. The Bertz CT molecular complexity index is 679. The van der Waals surface area contributed by atoms with Crippen LogP contribution >= 0.6 is 15.9 Å². The molecule has 0 radical (unpaired) electrons. The van der Waals surface area contributed by atoms with Crippen molar-refractivity contribution >= 4 is 21.7 Å². The van der Waals surface area contributed by atoms with E-state index < -0.39 is 12.2 Å². The summed E-state index contributed by atoms with van der Waals surface area (Å²) < 4.78 is 0. The highest BCUT2D eigenvalue weighted by Crippen LogP contribution is 2.68. The number of carbonyl (C=O) groups excluding carboxylic acids is 1. The number of halogens is 1. The van der Waals surface area contributed by atoms with E-state index in [9.17, 15) is 15.0 Å². The van der Waals surface area contributed by atoms with E-state index in [2.05, 4.69) is 50.5 Å². The van der Waals surface area contributed by atoms with Gasteiger partial charge in [-0.3, -0.25) is 4.79 Å². The second kappa shape index (κ2) is 8.69. The molecule has 0 unspecified atom stereocenters. The number of hydrogen-bond acceptors (Lipinski definition) is 3. The maximum absolute atomic E-state index is 13.3. The summed E-state index contributed by atoms with van der Waals surface area (Å²) in [7, 11) is 0. The lowest BCUT2D eigenvalue weighted by Gasteiger charge is -2.60. The summed E-state index contributed by atoms with van der Waals surface area (Å²) in [5, 5.41) is 21.6. The van der Waals surface area contributed by atoms with Crippen molar-refractivity contribution in [3.05, 3.63) is 0 Å². The molecule has 3 nitrogen and oxygen atoms in total. The monoisotopic (exact) mass is 496 g/mol. The minimum absolute atomic E-state index is 0.103. The quantitative estimate of drug-likeness (QED) is 0.459. The molecular weight excluding hydrogens is 452 g/mol. The van der Waals surface area contributed by atoms with Crippen molar-refractivity contribution in [2.45, 2.75) is 109 Å². The number of Topliss-reactive ketones (excluding diaryl/α,β-unsaturated/α-hetero) is 1. The zero-order valence-electron chi connectivity index (χ0n) is 20.3. The van der Waals surface area contributed by atoms with Gasteiger partial charge in [-0.15, -0.1) is 0 Å². The van der Waals surface area contributed by atoms with Crippen LogP contribution in [-0.2, 0) is 4.79 Å². The van der Waals surface area contributed by atoms with E-state index in [0.717, 1.165) is 19.3 Å². The van der Waals surface area contributed by atoms with Crippen molar-refractivity contribution < 1.29 is 15.0 Å². The number of aliphatic hydroxyl groups excluding tert-OH is 2. The Morgan fingerprint density at radius 1 is 1.00 bits per heavy atom. The molecule has 0 heterocycles. The standard InChI is InChI=1S/C27H45BrO3/c1-15(2)12-24(30)25(31)16(3)19-6-7-20-18-14-23(29)22-13-17(28)8-10-27(22,5)21(18)9-11-26(19,20)4/h15-22,24-25,30-31H,6-14H2,1-5H3/t16-,17-,18-,19+,20-,21-,22+,24-,25-,26+,27+/m0/s1. The van der Waals surface area contributed by atoms with Gasteiger partial charge < -0.3 is 10.2 Å². The number of aliphatic hydroxyl groups is 2. The molecule has 178 valence electrons. The average molecular weight is 498 g/mol. The van der Waals surface area contributed by atoms with Gasteiger partial charge in [-0.2, -0.15) is 0 Å². The van der Waals surface area contributed by atoms with Crippen LogP contribution in [0, 0.1) is 52.3 Å². The van der Waals surface area contributed by atoms with Gasteiger partial charge in [0.1, 0.15) is 5.78 Å². The summed E-state index contributed by atoms with van der Waals surface area (Å²) in [6.07, 6.45) is 8.34. The van der Waals surface area contributed by atoms with Crippen LogP contribution < -0.4 is 0 Å². The van der Waals surface area contributed by atoms with Crippen LogP contribution in [0.5, 0.6) is 0 Å². The third-order valence-electron chi connectivity index (χ3n) is 10.7. The molecule has 0 aromatic heterocycles. The predicted octanol–water partition coefficient (Wildman–Crippen LogP) is 5.99. The average Bonchev–Trinajstić information content (AvgIpc) is 3.05. The maximum atomic E-state index is 13.3. The Kier molecular flexibility index (Phi) is 6.79. The van der Waals surface area contributed by atoms with Crippen molar-refractivity contribution in [3.63, 3.8) is 0 Å². The third kappa shape index (κ3) is 3.99. The van der Waals surface area contributed by atoms with Crippen molar-refractivity contribution in [1.29, 1.82) is 0 Å². The van der Waals surface area contributed by atoms with E-state index in [-0.39, 0.29) is 22.7 Å². The molecule has 4 rings (SSSR count). The van der Waals surface area contributed by atoms with Gasteiger partial charge in [0.15, 0.2) is 0 Å². The largest absolute Gasteiger partial charge is 0.390 e. The molecular formula is C27H45BrO3. The molecule has 4 saturated carbocycles. The minimum atomic E-state index is -0.648. The highest BCUT2D eigenvalue weighted by atomic mass is 79.9. The Labute approximate surface area is 198 Å². The first-order valence-corrected chi connectivity index (χ1v) is 13.9. The van der Waals surface area contributed by atoms with Crippen molar-refractivity contribution in [3.8, 4) is 0 Å². The van der Waals surface area contributed by atoms with Crippen molar-refractivity contribution in [1.82, 2.24) is 0 Å². The first kappa shape index (κ1) is 24.2. The Balaban J connectivity index is 1.54. The van der Waals surface area contributed by atoms with E-state index in [4.69, 9.17) is 0 Å². The molecule has 4 aliphatic carbocycles. The van der Waals surface area contributed by atoms with Crippen LogP contribution in [0.25, 0.3) is 0 Å². The molecule has 2 N–H and O–H groups in total. The summed E-state index contributed by atoms with van der Waals surface area (Å²) in [4.78, 5) is 13.9. The molecule has 4 fully saturated rings. The minimum Gasteiger partial charge on any atom is -0.390 e. The summed E-state index contributed by atoms with van der Waals surface area (Å²) in [5.41, 5.74) is 0.373. The number of fused-ring (bicyclic) bond motifs is 5. The highest BCUT2D eigenvalue weighted by molar-refractivity contribution is 9.09. The van der Waals surface area contributed by atoms with Crippen molar-refractivity contribution in [2.24, 2.45) is 52.3 Å². The zero-order chi connectivity index (χ0) is 22.7. The first-order valence-electron chi connectivity index (χ1n) is 13.0. The van der Waals surface area contributed by atoms with E-state index in [1.54, 1.807) is 0 Å². The highest BCUT2D eigenvalue weighted by Gasteiger charge is 2.62. The van der Waals surface area contributed by atoms with Gasteiger partial charge in [0.05, 0.1) is 12.2 Å². The number of alkyl halides is 1. The van der Waals surface area contributed by atoms with Crippen LogP contribution in [0.1, 0.15) is 92.4 Å². The molecule has 0 aromatic carbocycles. The normalized spacial score (nSPS) is 48.0. The molecule has 0 aliphatic heterocycles. The summed E-state index contributed by atoms with van der Waals surface area (Å²) in [6.45, 7) is 11.3. The number of hydrogen-bond donors (Lipinski definition) is 2. The first-order chi connectivity index (χ1) is 14.5. The van der Waals surface area contributed by atoms with Gasteiger partial charge in [-0.05, 0) is 97.7 Å². The smallest absolute Gasteiger partial charge is 0.136 e. The van der Waals surface area contributed by atoms with Crippen LogP contribution in [-0.4, -0.2) is 33.0 Å². The second-order valence-corrected chi connectivity index (χ2v) is 14.0. The number of ketones is 1. The molecule has 0 bridgehead atoms. The van der Waals surface area contributed by atoms with Gasteiger partial charge in [0, 0.05) is 17.2 Å². The fourth-order valence-electron chi connectivity index (χ4n) is 9.11. The summed E-state index contributed by atoms with van der Waals surface area (Å²) >= 11 is 3.81. The van der Waals surface area contributed by atoms with Gasteiger partial charge in [0.2, 0.25) is 0 Å². The van der Waals surface area contributed by atoms with Gasteiger partial charge in [-0.1, -0.05) is 50.5 Å². The molecule has 0 aromatic rings. The topological polar surface area (TPSA) is 57.5 Å². The number of carbonyl (C=O) groups is 1. The molecule has 11 atom stereocenters. The van der Waals surface area contributed by atoms with Crippen molar-refractivity contribution in [2.75, 3.05) is 0 Å². The molecule has 0 saturated heterocycles. The van der Waals surface area contributed by atoms with Crippen LogP contribution in [0.4, 0.5) is 0 Å². The second-order valence-electron chi connectivity index (χ2n) is 12.8. The fraction of sp³-hybridized carbons (Fsp3) is 0.963. The Morgan fingerprint density at radius 2 is 1.65 bits per heavy atom. The van der Waals surface area contributed by atoms with E-state index >= 15 is 0 Å². The fourth-order valence-corrected chi connectivity index (χ4v) is 9.71. The van der Waals surface area contributed by atoms with E-state index in [0.29, 0.717) is 46.6 Å². The van der Waals surface area contributed by atoms with Gasteiger partial charge >= 0.3 is 0 Å². The SMILES string of the molecule is CC(C)C[C@H](O)[C@@H](O)[C@@H](C)[C@H]1CC[C@H]2[C@@H]3CC(=O)[C@H]4C[C@@H](Br)CC[C@]4(C)[C@H]3CC[C@]12C. The molecule has 0 amide bonds. The molecule has 0 spiro atoms. The molecule has 4 aliphatic rings. The number of rotatable bonds is 5. The lowest BCUT2D eigenvalue weighted by molar-refractivity contribution is -0.155. The summed E-state index contributed by atoms with van der Waals surface area (Å²) in [6, 6.07) is 0. The Morgan fingerprint density at radius 3 is 2.32 bits per heavy atom. The third-order valence-corrected chi connectivity index (χ3v) is 11.6. The summed E-state index contributed by atoms with van der Waals surface area (Å²) in [5.74, 6) is 3.50. The maximum Gasteiger partial charge on any atom is 0.136 e. The lowest BCUT2D eigenvalue weighted by Crippen LogP contribution is -2.57. The van der Waals surface area contributed by atoms with Crippen LogP contribution in [0.3, 0.4) is 0 Å². The van der Waals surface area contributed by atoms with Crippen LogP contribution in [0.2, 0.25) is 0 Å².